The van der Waals surface area contributed by atoms with Crippen LogP contribution in [-0.2, 0) is 6.42 Å². The molecule has 25 heavy (non-hydrogen) atoms. The zero-order valence-corrected chi connectivity index (χ0v) is 14.3. The summed E-state index contributed by atoms with van der Waals surface area (Å²) in [7, 11) is 0. The van der Waals surface area contributed by atoms with Gasteiger partial charge in [0, 0.05) is 30.0 Å². The van der Waals surface area contributed by atoms with Gasteiger partial charge in [0.15, 0.2) is 5.65 Å². The first-order chi connectivity index (χ1) is 12.4. The van der Waals surface area contributed by atoms with Gasteiger partial charge in [-0.25, -0.2) is 9.50 Å². The third-order valence-corrected chi connectivity index (χ3v) is 5.45. The van der Waals surface area contributed by atoms with E-state index in [1.165, 1.54) is 19.4 Å². The van der Waals surface area contributed by atoms with Gasteiger partial charge in [-0.1, -0.05) is 12.1 Å². The largest absolute Gasteiger partial charge is 0.492 e. The fraction of sp³-hybridized carbons (Fsp3) is 0.400. The van der Waals surface area contributed by atoms with Crippen LogP contribution in [0.2, 0.25) is 0 Å². The van der Waals surface area contributed by atoms with E-state index in [-0.39, 0.29) is 0 Å². The molecule has 2 aliphatic heterocycles. The average Bonchev–Trinajstić information content (AvgIpc) is 3.26. The van der Waals surface area contributed by atoms with Crippen molar-refractivity contribution >= 4 is 5.65 Å². The van der Waals surface area contributed by atoms with Gasteiger partial charge in [-0.2, -0.15) is 5.10 Å². The molecule has 0 radical (unpaired) electrons. The lowest BCUT2D eigenvalue weighted by Gasteiger charge is -2.24. The smallest absolute Gasteiger partial charge is 0.163 e. The topological polar surface area (TPSA) is 42.7 Å². The molecule has 0 aliphatic carbocycles. The summed E-state index contributed by atoms with van der Waals surface area (Å²) in [5.41, 5.74) is 4.25. The van der Waals surface area contributed by atoms with Gasteiger partial charge < -0.3 is 4.74 Å². The first-order valence-electron chi connectivity index (χ1n) is 9.17. The van der Waals surface area contributed by atoms with Gasteiger partial charge in [0.05, 0.1) is 6.20 Å². The van der Waals surface area contributed by atoms with Crippen LogP contribution in [0.5, 0.6) is 5.75 Å². The quantitative estimate of drug-likeness (QED) is 0.633. The van der Waals surface area contributed by atoms with Crippen LogP contribution in [0.3, 0.4) is 0 Å². The lowest BCUT2D eigenvalue weighted by molar-refractivity contribution is 0.190. The van der Waals surface area contributed by atoms with E-state index in [9.17, 15) is 0 Å². The maximum atomic E-state index is 6.04. The Morgan fingerprint density at radius 1 is 1.12 bits per heavy atom. The fourth-order valence-corrected chi connectivity index (χ4v) is 4.11. The Hall–Kier alpha value is -2.40. The minimum atomic E-state index is 0.653. The van der Waals surface area contributed by atoms with Crippen LogP contribution in [0, 0.1) is 0 Å². The van der Waals surface area contributed by atoms with Crippen molar-refractivity contribution in [2.24, 2.45) is 0 Å². The van der Waals surface area contributed by atoms with Crippen molar-refractivity contribution in [3.8, 4) is 16.9 Å². The predicted octanol–water partition coefficient (Wildman–Crippen LogP) is 3.19. The Morgan fingerprint density at radius 2 is 2.12 bits per heavy atom. The number of aryl methyl sites for hydroxylation is 1. The molecule has 0 N–H and O–H groups in total. The molecule has 1 aromatic carbocycles. The van der Waals surface area contributed by atoms with Gasteiger partial charge in [0.1, 0.15) is 12.4 Å². The molecule has 1 unspecified atom stereocenters. The van der Waals surface area contributed by atoms with Crippen LogP contribution < -0.4 is 4.74 Å². The fourth-order valence-electron chi connectivity index (χ4n) is 4.11. The van der Waals surface area contributed by atoms with Crippen molar-refractivity contribution in [2.45, 2.75) is 31.7 Å². The summed E-state index contributed by atoms with van der Waals surface area (Å²) >= 11 is 0. The second kappa shape index (κ2) is 6.15. The van der Waals surface area contributed by atoms with E-state index in [1.54, 1.807) is 0 Å². The van der Waals surface area contributed by atoms with Crippen molar-refractivity contribution < 1.29 is 4.74 Å². The van der Waals surface area contributed by atoms with Crippen molar-refractivity contribution in [1.82, 2.24) is 19.5 Å². The second-order valence-electron chi connectivity index (χ2n) is 6.99. The highest BCUT2D eigenvalue weighted by atomic mass is 16.5. The Kier molecular flexibility index (Phi) is 3.67. The highest BCUT2D eigenvalue weighted by Crippen LogP contribution is 2.28. The van der Waals surface area contributed by atoms with E-state index in [2.05, 4.69) is 28.2 Å². The Morgan fingerprint density at radius 3 is 3.12 bits per heavy atom. The van der Waals surface area contributed by atoms with E-state index >= 15 is 0 Å². The minimum Gasteiger partial charge on any atom is -0.492 e. The van der Waals surface area contributed by atoms with Crippen LogP contribution in [0.25, 0.3) is 16.8 Å². The molecule has 4 heterocycles. The van der Waals surface area contributed by atoms with Crippen LogP contribution in [0.15, 0.2) is 42.7 Å². The maximum Gasteiger partial charge on any atom is 0.163 e. The third kappa shape index (κ3) is 2.78. The molecule has 5 heteroatoms. The number of aromatic nitrogens is 3. The van der Waals surface area contributed by atoms with Gasteiger partial charge in [-0.05, 0) is 56.0 Å². The SMILES string of the molecule is c1cc2cc(c1)-c1cnn3ccc(nc13)CCC1CCCN1CCO2. The molecule has 0 spiro atoms. The number of ether oxygens (including phenoxy) is 1. The minimum absolute atomic E-state index is 0.653. The second-order valence-corrected chi connectivity index (χ2v) is 6.99. The number of hydrogen-bond donors (Lipinski definition) is 0. The molecular formula is C20H22N4O. The summed E-state index contributed by atoms with van der Waals surface area (Å²) in [5.74, 6) is 0.917. The van der Waals surface area contributed by atoms with E-state index in [4.69, 9.17) is 9.72 Å². The Balaban J connectivity index is 1.59. The number of nitrogens with zero attached hydrogens (tertiary/aromatic N) is 4. The summed E-state index contributed by atoms with van der Waals surface area (Å²) in [6.07, 6.45) is 8.69. The summed E-state index contributed by atoms with van der Waals surface area (Å²) < 4.78 is 7.90. The number of rotatable bonds is 0. The van der Waals surface area contributed by atoms with Crippen LogP contribution in [0.1, 0.15) is 25.0 Å². The lowest BCUT2D eigenvalue weighted by Crippen LogP contribution is -2.33. The normalized spacial score (nSPS) is 21.0. The number of fused-ring (bicyclic) bond motifs is 5. The van der Waals surface area contributed by atoms with Crippen molar-refractivity contribution in [3.63, 3.8) is 0 Å². The first kappa shape index (κ1) is 14.9. The molecule has 3 aromatic rings. The van der Waals surface area contributed by atoms with E-state index < -0.39 is 0 Å². The van der Waals surface area contributed by atoms with E-state index in [0.29, 0.717) is 6.04 Å². The van der Waals surface area contributed by atoms with Crippen molar-refractivity contribution in [2.75, 3.05) is 19.7 Å². The molecule has 1 fully saturated rings. The molecule has 4 bridgehead atoms. The van der Waals surface area contributed by atoms with Crippen LogP contribution >= 0.6 is 0 Å². The monoisotopic (exact) mass is 334 g/mol. The standard InChI is InChI=1S/C20H22N4O/c1-3-15-13-18(5-1)25-12-11-23-9-2-4-17(23)7-6-16-8-10-24-20(22-16)19(15)14-21-24/h1,3,5,8,10,13-14,17H,2,4,6-7,9,11-12H2. The van der Waals surface area contributed by atoms with Crippen molar-refractivity contribution in [3.05, 3.63) is 48.4 Å². The van der Waals surface area contributed by atoms with Gasteiger partial charge >= 0.3 is 0 Å². The molecule has 128 valence electrons. The molecule has 5 nitrogen and oxygen atoms in total. The molecule has 0 amide bonds. The zero-order chi connectivity index (χ0) is 16.6. The summed E-state index contributed by atoms with van der Waals surface area (Å²) in [6.45, 7) is 2.93. The van der Waals surface area contributed by atoms with Gasteiger partial charge in [-0.15, -0.1) is 0 Å². The highest BCUT2D eigenvalue weighted by molar-refractivity contribution is 5.77. The predicted molar refractivity (Wildman–Crippen MR) is 96.8 cm³/mol. The van der Waals surface area contributed by atoms with Crippen LogP contribution in [-0.4, -0.2) is 45.2 Å². The van der Waals surface area contributed by atoms with Crippen molar-refractivity contribution in [1.29, 1.82) is 0 Å². The third-order valence-electron chi connectivity index (χ3n) is 5.45. The Labute approximate surface area is 147 Å². The Bertz CT molecular complexity index is 904. The number of hydrogen-bond acceptors (Lipinski definition) is 4. The summed E-state index contributed by atoms with van der Waals surface area (Å²) in [5, 5.41) is 4.46. The maximum absolute atomic E-state index is 6.04. The molecule has 2 aromatic heterocycles. The number of benzene rings is 1. The highest BCUT2D eigenvalue weighted by Gasteiger charge is 2.24. The summed E-state index contributed by atoms with van der Waals surface area (Å²) in [6, 6.07) is 11.0. The molecule has 5 rings (SSSR count). The van der Waals surface area contributed by atoms with E-state index in [1.807, 2.05) is 29.0 Å². The van der Waals surface area contributed by atoms with E-state index in [0.717, 1.165) is 54.2 Å². The molecule has 1 saturated heterocycles. The molecule has 0 saturated carbocycles. The molecular weight excluding hydrogens is 312 g/mol. The molecule has 2 aliphatic rings. The summed E-state index contributed by atoms with van der Waals surface area (Å²) in [4.78, 5) is 7.49. The molecule has 1 atom stereocenters. The average molecular weight is 334 g/mol. The van der Waals surface area contributed by atoms with Gasteiger partial charge in [0.25, 0.3) is 0 Å². The van der Waals surface area contributed by atoms with Crippen LogP contribution in [0.4, 0.5) is 0 Å². The zero-order valence-electron chi connectivity index (χ0n) is 14.3. The lowest BCUT2D eigenvalue weighted by atomic mass is 10.1. The first-order valence-corrected chi connectivity index (χ1v) is 9.17. The van der Waals surface area contributed by atoms with Gasteiger partial charge in [-0.3, -0.25) is 4.90 Å². The van der Waals surface area contributed by atoms with Gasteiger partial charge in [0.2, 0.25) is 0 Å².